The summed E-state index contributed by atoms with van der Waals surface area (Å²) in [5, 5.41) is 32.0. The van der Waals surface area contributed by atoms with Crippen LogP contribution < -0.4 is 0 Å². The lowest BCUT2D eigenvalue weighted by molar-refractivity contribution is 0.0681. The molecule has 0 bridgehead atoms. The SMILES string of the molecule is Cc1cc(-c2nn(C(C)C)c(C(=O)O)c2C#N)ccc1C#N. The van der Waals surface area contributed by atoms with Crippen molar-refractivity contribution in [1.29, 1.82) is 10.5 Å². The Morgan fingerprint density at radius 3 is 2.45 bits per heavy atom. The predicted octanol–water partition coefficient (Wildman–Crippen LogP) is 2.88. The molecule has 1 N–H and O–H groups in total. The molecule has 0 unspecified atom stereocenters. The van der Waals surface area contributed by atoms with Crippen molar-refractivity contribution >= 4 is 5.97 Å². The second kappa shape index (κ2) is 5.71. The Kier molecular flexibility index (Phi) is 3.96. The molecule has 0 atom stereocenters. The normalized spacial score (nSPS) is 10.3. The van der Waals surface area contributed by atoms with Crippen LogP contribution in [0.5, 0.6) is 0 Å². The maximum Gasteiger partial charge on any atom is 0.355 e. The van der Waals surface area contributed by atoms with E-state index in [0.717, 1.165) is 5.56 Å². The summed E-state index contributed by atoms with van der Waals surface area (Å²) in [6, 6.07) is 8.87. The Hall–Kier alpha value is -3.12. The zero-order valence-electron chi connectivity index (χ0n) is 12.5. The first-order chi connectivity index (χ1) is 10.4. The van der Waals surface area contributed by atoms with Gasteiger partial charge in [-0.05, 0) is 38.5 Å². The van der Waals surface area contributed by atoms with E-state index in [-0.39, 0.29) is 17.3 Å². The largest absolute Gasteiger partial charge is 0.476 e. The smallest absolute Gasteiger partial charge is 0.355 e. The molecule has 110 valence electrons. The molecule has 2 aromatic rings. The van der Waals surface area contributed by atoms with Crippen LogP contribution in [0.1, 0.15) is 47.1 Å². The number of nitriles is 2. The van der Waals surface area contributed by atoms with E-state index in [0.29, 0.717) is 16.8 Å². The molecule has 1 heterocycles. The highest BCUT2D eigenvalue weighted by atomic mass is 16.4. The average Bonchev–Trinajstić information content (AvgIpc) is 2.86. The standard InChI is InChI=1S/C16H14N4O2/c1-9(2)20-15(16(21)22)13(8-18)14(19-20)11-4-5-12(7-17)10(3)6-11/h4-6,9H,1-3H3,(H,21,22). The summed E-state index contributed by atoms with van der Waals surface area (Å²) in [6.07, 6.45) is 0. The third-order valence-corrected chi connectivity index (χ3v) is 3.33. The predicted molar refractivity (Wildman–Crippen MR) is 79.2 cm³/mol. The Labute approximate surface area is 127 Å². The van der Waals surface area contributed by atoms with Crippen molar-refractivity contribution < 1.29 is 9.90 Å². The van der Waals surface area contributed by atoms with Gasteiger partial charge in [-0.25, -0.2) is 4.79 Å². The van der Waals surface area contributed by atoms with Gasteiger partial charge in [0.05, 0.1) is 11.6 Å². The van der Waals surface area contributed by atoms with Crippen LogP contribution in [0.15, 0.2) is 18.2 Å². The van der Waals surface area contributed by atoms with Crippen LogP contribution in [0.25, 0.3) is 11.3 Å². The molecular weight excluding hydrogens is 280 g/mol. The van der Waals surface area contributed by atoms with Gasteiger partial charge in [-0.1, -0.05) is 6.07 Å². The summed E-state index contributed by atoms with van der Waals surface area (Å²) in [5.74, 6) is -1.19. The van der Waals surface area contributed by atoms with Crippen molar-refractivity contribution in [3.63, 3.8) is 0 Å². The maximum atomic E-state index is 11.5. The van der Waals surface area contributed by atoms with Crippen molar-refractivity contribution in [1.82, 2.24) is 9.78 Å². The zero-order valence-corrected chi connectivity index (χ0v) is 12.5. The van der Waals surface area contributed by atoms with Crippen LogP contribution in [0.4, 0.5) is 0 Å². The Bertz CT molecular complexity index is 835. The molecule has 0 saturated heterocycles. The number of carboxylic acids is 1. The van der Waals surface area contributed by atoms with Crippen molar-refractivity contribution in [2.45, 2.75) is 26.8 Å². The van der Waals surface area contributed by atoms with Crippen LogP contribution in [-0.4, -0.2) is 20.9 Å². The molecule has 1 aromatic heterocycles. The second-order valence-electron chi connectivity index (χ2n) is 5.17. The summed E-state index contributed by atoms with van der Waals surface area (Å²) >= 11 is 0. The van der Waals surface area contributed by atoms with E-state index in [4.69, 9.17) is 5.26 Å². The number of nitrogens with zero attached hydrogens (tertiary/aromatic N) is 4. The Morgan fingerprint density at radius 1 is 1.32 bits per heavy atom. The van der Waals surface area contributed by atoms with E-state index in [9.17, 15) is 15.2 Å². The van der Waals surface area contributed by atoms with E-state index in [1.54, 1.807) is 39.0 Å². The number of hydrogen-bond donors (Lipinski definition) is 1. The van der Waals surface area contributed by atoms with Crippen LogP contribution in [0, 0.1) is 29.6 Å². The Balaban J connectivity index is 2.74. The lowest BCUT2D eigenvalue weighted by Gasteiger charge is -2.07. The minimum Gasteiger partial charge on any atom is -0.476 e. The second-order valence-corrected chi connectivity index (χ2v) is 5.17. The van der Waals surface area contributed by atoms with Gasteiger partial charge < -0.3 is 5.11 Å². The first kappa shape index (κ1) is 15.3. The van der Waals surface area contributed by atoms with Crippen molar-refractivity contribution in [2.24, 2.45) is 0 Å². The fraction of sp³-hybridized carbons (Fsp3) is 0.250. The van der Waals surface area contributed by atoms with Gasteiger partial charge in [0.1, 0.15) is 17.3 Å². The number of aromatic carboxylic acids is 1. The molecule has 0 aliphatic rings. The molecule has 6 nitrogen and oxygen atoms in total. The molecule has 0 aliphatic carbocycles. The average molecular weight is 294 g/mol. The summed E-state index contributed by atoms with van der Waals surface area (Å²) in [6.45, 7) is 5.38. The highest BCUT2D eigenvalue weighted by molar-refractivity contribution is 5.91. The Morgan fingerprint density at radius 2 is 2.00 bits per heavy atom. The highest BCUT2D eigenvalue weighted by Crippen LogP contribution is 2.28. The lowest BCUT2D eigenvalue weighted by Crippen LogP contribution is -2.12. The third kappa shape index (κ3) is 2.43. The quantitative estimate of drug-likeness (QED) is 0.937. The molecule has 6 heteroatoms. The van der Waals surface area contributed by atoms with E-state index < -0.39 is 5.97 Å². The van der Waals surface area contributed by atoms with E-state index in [1.807, 2.05) is 6.07 Å². The summed E-state index contributed by atoms with van der Waals surface area (Å²) < 4.78 is 1.34. The molecule has 0 radical (unpaired) electrons. The highest BCUT2D eigenvalue weighted by Gasteiger charge is 2.25. The van der Waals surface area contributed by atoms with Gasteiger partial charge in [0.25, 0.3) is 0 Å². The van der Waals surface area contributed by atoms with E-state index in [1.165, 1.54) is 4.68 Å². The van der Waals surface area contributed by atoms with Crippen LogP contribution in [-0.2, 0) is 0 Å². The number of aryl methyl sites for hydroxylation is 1. The number of aromatic nitrogens is 2. The number of carbonyl (C=O) groups is 1. The molecule has 22 heavy (non-hydrogen) atoms. The topological polar surface area (TPSA) is 103 Å². The monoisotopic (exact) mass is 294 g/mol. The lowest BCUT2D eigenvalue weighted by atomic mass is 10.0. The molecule has 0 aliphatic heterocycles. The van der Waals surface area contributed by atoms with E-state index in [2.05, 4.69) is 11.2 Å². The van der Waals surface area contributed by atoms with Gasteiger partial charge in [0.15, 0.2) is 5.69 Å². The molecule has 1 aromatic carbocycles. The van der Waals surface area contributed by atoms with Gasteiger partial charge in [0.2, 0.25) is 0 Å². The van der Waals surface area contributed by atoms with Gasteiger partial charge >= 0.3 is 5.97 Å². The fourth-order valence-corrected chi connectivity index (χ4v) is 2.26. The van der Waals surface area contributed by atoms with Gasteiger partial charge in [-0.2, -0.15) is 15.6 Å². The molecule has 0 saturated carbocycles. The zero-order chi connectivity index (χ0) is 16.4. The van der Waals surface area contributed by atoms with Crippen molar-refractivity contribution in [3.8, 4) is 23.4 Å². The fourth-order valence-electron chi connectivity index (χ4n) is 2.26. The van der Waals surface area contributed by atoms with Gasteiger partial charge in [-0.3, -0.25) is 4.68 Å². The first-order valence-electron chi connectivity index (χ1n) is 6.67. The first-order valence-corrected chi connectivity index (χ1v) is 6.67. The molecule has 0 amide bonds. The van der Waals surface area contributed by atoms with Gasteiger partial charge in [-0.15, -0.1) is 0 Å². The van der Waals surface area contributed by atoms with Crippen molar-refractivity contribution in [3.05, 3.63) is 40.6 Å². The minimum absolute atomic E-state index is 0.0327. The summed E-state index contributed by atoms with van der Waals surface area (Å²) in [7, 11) is 0. The van der Waals surface area contributed by atoms with Crippen LogP contribution >= 0.6 is 0 Å². The van der Waals surface area contributed by atoms with Gasteiger partial charge in [0, 0.05) is 11.6 Å². The number of hydrogen-bond acceptors (Lipinski definition) is 4. The molecule has 0 spiro atoms. The van der Waals surface area contributed by atoms with E-state index >= 15 is 0 Å². The maximum absolute atomic E-state index is 11.5. The number of benzene rings is 1. The van der Waals surface area contributed by atoms with Crippen LogP contribution in [0.3, 0.4) is 0 Å². The summed E-state index contributed by atoms with van der Waals surface area (Å²) in [4.78, 5) is 11.5. The molecular formula is C16H14N4O2. The number of carboxylic acid groups (broad SMARTS) is 1. The molecule has 2 rings (SSSR count). The minimum atomic E-state index is -1.19. The third-order valence-electron chi connectivity index (χ3n) is 3.33. The molecule has 0 fully saturated rings. The van der Waals surface area contributed by atoms with Crippen molar-refractivity contribution in [2.75, 3.05) is 0 Å². The summed E-state index contributed by atoms with van der Waals surface area (Å²) in [5.41, 5.74) is 2.14. The van der Waals surface area contributed by atoms with Crippen LogP contribution in [0.2, 0.25) is 0 Å². The number of rotatable bonds is 3.